The first-order chi connectivity index (χ1) is 12.8. The first-order valence-corrected chi connectivity index (χ1v) is 8.66. The molecule has 0 saturated carbocycles. The third-order valence-electron chi connectivity index (χ3n) is 4.04. The molecule has 0 saturated heterocycles. The number of fused-ring (bicyclic) bond motifs is 1. The lowest BCUT2D eigenvalue weighted by molar-refractivity contribution is 0.585. The molecule has 0 spiro atoms. The van der Waals surface area contributed by atoms with Crippen LogP contribution in [0.15, 0.2) is 58.6 Å². The van der Waals surface area contributed by atoms with Gasteiger partial charge in [-0.05, 0) is 31.0 Å². The van der Waals surface area contributed by atoms with Gasteiger partial charge in [-0.1, -0.05) is 12.1 Å². The van der Waals surface area contributed by atoms with Crippen molar-refractivity contribution in [3.05, 3.63) is 65.0 Å². The fourth-order valence-corrected chi connectivity index (χ4v) is 2.65. The molecule has 3 aromatic rings. The summed E-state index contributed by atoms with van der Waals surface area (Å²) in [4.78, 5) is 15.9. The van der Waals surface area contributed by atoms with E-state index < -0.39 is 0 Å². The Labute approximate surface area is 151 Å². The summed E-state index contributed by atoms with van der Waals surface area (Å²) in [7, 11) is 1.74. The van der Waals surface area contributed by atoms with Gasteiger partial charge in [-0.15, -0.1) is 10.2 Å². The second kappa shape index (κ2) is 8.80. The van der Waals surface area contributed by atoms with Gasteiger partial charge in [-0.25, -0.2) is 0 Å². The average molecular weight is 353 g/mol. The van der Waals surface area contributed by atoms with Gasteiger partial charge in [0.25, 0.3) is 0 Å². The van der Waals surface area contributed by atoms with Crippen molar-refractivity contribution in [2.75, 3.05) is 13.6 Å². The summed E-state index contributed by atoms with van der Waals surface area (Å²) in [6.45, 7) is 2.03. The molecule has 136 valence electrons. The number of hydrogen-bond donors (Lipinski definition) is 2. The number of unbranched alkanes of at least 4 members (excludes halogenated alkanes) is 1. The number of nitrogens with zero attached hydrogens (tertiary/aromatic N) is 5. The van der Waals surface area contributed by atoms with E-state index in [0.717, 1.165) is 43.4 Å². The molecule has 8 nitrogen and oxygen atoms in total. The van der Waals surface area contributed by atoms with Crippen LogP contribution in [0, 0.1) is 0 Å². The highest BCUT2D eigenvalue weighted by molar-refractivity contribution is 5.79. The van der Waals surface area contributed by atoms with Crippen LogP contribution >= 0.6 is 0 Å². The van der Waals surface area contributed by atoms with Gasteiger partial charge in [0.1, 0.15) is 0 Å². The first-order valence-electron chi connectivity index (χ1n) is 8.66. The Bertz CT molecular complexity index is 928. The molecule has 2 N–H and O–H groups in total. The van der Waals surface area contributed by atoms with E-state index in [1.54, 1.807) is 23.7 Å². The van der Waals surface area contributed by atoms with E-state index in [1.165, 1.54) is 0 Å². The zero-order valence-electron chi connectivity index (χ0n) is 14.8. The Morgan fingerprint density at radius 3 is 2.77 bits per heavy atom. The summed E-state index contributed by atoms with van der Waals surface area (Å²) in [6.07, 6.45) is 5.62. The minimum absolute atomic E-state index is 0.0402. The van der Waals surface area contributed by atoms with Crippen molar-refractivity contribution in [3.8, 4) is 0 Å². The van der Waals surface area contributed by atoms with Crippen LogP contribution in [-0.4, -0.2) is 38.7 Å². The summed E-state index contributed by atoms with van der Waals surface area (Å²) >= 11 is 0. The molecule has 0 aliphatic heterocycles. The summed E-state index contributed by atoms with van der Waals surface area (Å²) in [5, 5.41) is 14.8. The highest BCUT2D eigenvalue weighted by Gasteiger charge is 2.05. The van der Waals surface area contributed by atoms with Crippen LogP contribution in [0.1, 0.15) is 18.7 Å². The maximum atomic E-state index is 11.6. The molecule has 0 bridgehead atoms. The lowest BCUT2D eigenvalue weighted by Crippen LogP contribution is -2.37. The van der Waals surface area contributed by atoms with Gasteiger partial charge in [0.05, 0.1) is 6.54 Å². The van der Waals surface area contributed by atoms with E-state index in [9.17, 15) is 4.79 Å². The lowest BCUT2D eigenvalue weighted by Gasteiger charge is -2.11. The van der Waals surface area contributed by atoms with Gasteiger partial charge < -0.3 is 15.2 Å². The standard InChI is InChI=1S/C18H23N7O/c1-19-18(20-10-4-7-12-24-11-5-3-9-17(24)26)21-14-16-23-22-15-8-2-6-13-25(15)16/h2-3,5-6,8-9,11,13H,4,7,10,12,14H2,1H3,(H2,19,20,21). The fraction of sp³-hybridized carbons (Fsp3) is 0.333. The van der Waals surface area contributed by atoms with Gasteiger partial charge in [-0.3, -0.25) is 14.2 Å². The highest BCUT2D eigenvalue weighted by Crippen LogP contribution is 2.02. The quantitative estimate of drug-likeness (QED) is 0.376. The number of nitrogens with one attached hydrogen (secondary N) is 2. The van der Waals surface area contributed by atoms with Gasteiger partial charge in [0, 0.05) is 38.6 Å². The average Bonchev–Trinajstić information content (AvgIpc) is 3.08. The molecule has 0 aromatic carbocycles. The van der Waals surface area contributed by atoms with Crippen molar-refractivity contribution < 1.29 is 0 Å². The van der Waals surface area contributed by atoms with Crippen LogP contribution in [0.2, 0.25) is 0 Å². The molecule has 0 fully saturated rings. The minimum Gasteiger partial charge on any atom is -0.356 e. The zero-order chi connectivity index (χ0) is 18.2. The van der Waals surface area contributed by atoms with Crippen LogP contribution in [-0.2, 0) is 13.1 Å². The second-order valence-corrected chi connectivity index (χ2v) is 5.84. The predicted octanol–water partition coefficient (Wildman–Crippen LogP) is 1.04. The van der Waals surface area contributed by atoms with E-state index in [-0.39, 0.29) is 5.56 Å². The first kappa shape index (κ1) is 17.7. The monoisotopic (exact) mass is 353 g/mol. The fourth-order valence-electron chi connectivity index (χ4n) is 2.65. The molecule has 0 aliphatic carbocycles. The van der Waals surface area contributed by atoms with Crippen molar-refractivity contribution in [2.24, 2.45) is 4.99 Å². The van der Waals surface area contributed by atoms with E-state index in [2.05, 4.69) is 25.8 Å². The Morgan fingerprint density at radius 1 is 1.08 bits per heavy atom. The Hall–Kier alpha value is -3.16. The number of pyridine rings is 2. The van der Waals surface area contributed by atoms with Crippen molar-refractivity contribution >= 4 is 11.6 Å². The van der Waals surface area contributed by atoms with Crippen LogP contribution in [0.5, 0.6) is 0 Å². The molecule has 0 atom stereocenters. The van der Waals surface area contributed by atoms with Crippen LogP contribution in [0.3, 0.4) is 0 Å². The van der Waals surface area contributed by atoms with Crippen molar-refractivity contribution in [1.82, 2.24) is 29.8 Å². The van der Waals surface area contributed by atoms with Crippen molar-refractivity contribution in [1.29, 1.82) is 0 Å². The summed E-state index contributed by atoms with van der Waals surface area (Å²) in [5.41, 5.74) is 0.863. The number of aromatic nitrogens is 4. The molecule has 0 aliphatic rings. The summed E-state index contributed by atoms with van der Waals surface area (Å²) in [6, 6.07) is 11.0. The van der Waals surface area contributed by atoms with Gasteiger partial charge in [0.15, 0.2) is 17.4 Å². The Kier molecular flexibility index (Phi) is 5.97. The topological polar surface area (TPSA) is 88.6 Å². The normalized spacial score (nSPS) is 11.7. The Morgan fingerprint density at radius 2 is 1.92 bits per heavy atom. The third-order valence-corrected chi connectivity index (χ3v) is 4.04. The largest absolute Gasteiger partial charge is 0.356 e. The SMILES string of the molecule is CN=C(NCCCCn1ccccc1=O)NCc1nnc2ccccn12. The smallest absolute Gasteiger partial charge is 0.250 e. The maximum absolute atomic E-state index is 11.6. The van der Waals surface area contributed by atoms with Crippen LogP contribution in [0.4, 0.5) is 0 Å². The molecular formula is C18H23N7O. The predicted molar refractivity (Wildman–Crippen MR) is 101 cm³/mol. The highest BCUT2D eigenvalue weighted by atomic mass is 16.1. The van der Waals surface area contributed by atoms with Gasteiger partial charge >= 0.3 is 0 Å². The van der Waals surface area contributed by atoms with E-state index in [0.29, 0.717) is 6.54 Å². The molecule has 3 heterocycles. The molecule has 0 radical (unpaired) electrons. The Balaban J connectivity index is 1.41. The van der Waals surface area contributed by atoms with Gasteiger partial charge in [-0.2, -0.15) is 0 Å². The van der Waals surface area contributed by atoms with Crippen LogP contribution < -0.4 is 16.2 Å². The molecule has 0 unspecified atom stereocenters. The van der Waals surface area contributed by atoms with E-state index in [4.69, 9.17) is 0 Å². The van der Waals surface area contributed by atoms with Gasteiger partial charge in [0.2, 0.25) is 5.56 Å². The lowest BCUT2D eigenvalue weighted by atomic mass is 10.3. The summed E-state index contributed by atoms with van der Waals surface area (Å²) < 4.78 is 3.67. The number of rotatable bonds is 7. The van der Waals surface area contributed by atoms with Crippen molar-refractivity contribution in [3.63, 3.8) is 0 Å². The summed E-state index contributed by atoms with van der Waals surface area (Å²) in [5.74, 6) is 1.54. The minimum atomic E-state index is 0.0402. The number of aryl methyl sites for hydroxylation is 1. The second-order valence-electron chi connectivity index (χ2n) is 5.84. The molecule has 3 aromatic heterocycles. The molecule has 26 heavy (non-hydrogen) atoms. The molecule has 3 rings (SSSR count). The van der Waals surface area contributed by atoms with E-state index in [1.807, 2.05) is 41.1 Å². The third kappa shape index (κ3) is 4.47. The van der Waals surface area contributed by atoms with Crippen molar-refractivity contribution in [2.45, 2.75) is 25.9 Å². The maximum Gasteiger partial charge on any atom is 0.250 e. The molecular weight excluding hydrogens is 330 g/mol. The number of hydrogen-bond acceptors (Lipinski definition) is 4. The molecule has 8 heteroatoms. The number of guanidine groups is 1. The zero-order valence-corrected chi connectivity index (χ0v) is 14.8. The van der Waals surface area contributed by atoms with E-state index >= 15 is 0 Å². The van der Waals surface area contributed by atoms with Crippen LogP contribution in [0.25, 0.3) is 5.65 Å². The number of aliphatic imine (C=N–C) groups is 1. The molecule has 0 amide bonds.